The van der Waals surface area contributed by atoms with Crippen LogP contribution in [0.25, 0.3) is 0 Å². The summed E-state index contributed by atoms with van der Waals surface area (Å²) in [5.74, 6) is -1.27. The first-order chi connectivity index (χ1) is 7.72. The highest BCUT2D eigenvalue weighted by atomic mass is 32.2. The fraction of sp³-hybridized carbons (Fsp3) is 0.727. The Labute approximate surface area is 103 Å². The van der Waals surface area contributed by atoms with Gasteiger partial charge in [0.05, 0.1) is 18.8 Å². The molecule has 0 aliphatic heterocycles. The maximum Gasteiger partial charge on any atom is 0.312 e. The summed E-state index contributed by atoms with van der Waals surface area (Å²) in [6, 6.07) is 0. The van der Waals surface area contributed by atoms with E-state index >= 15 is 0 Å². The van der Waals surface area contributed by atoms with Crippen molar-refractivity contribution in [2.75, 3.05) is 12.9 Å². The molecule has 0 aliphatic rings. The van der Waals surface area contributed by atoms with Gasteiger partial charge in [0.25, 0.3) is 10.1 Å². The van der Waals surface area contributed by atoms with Crippen LogP contribution in [0.3, 0.4) is 0 Å². The average Bonchev–Trinajstić information content (AvgIpc) is 2.14. The third-order valence-electron chi connectivity index (χ3n) is 2.15. The van der Waals surface area contributed by atoms with Gasteiger partial charge in [0.15, 0.2) is 0 Å². The molecular weight excluding hydrogens is 244 g/mol. The highest BCUT2D eigenvalue weighted by Crippen LogP contribution is 2.22. The van der Waals surface area contributed by atoms with Crippen molar-refractivity contribution in [3.05, 3.63) is 12.7 Å². The number of ether oxygens (including phenoxy) is 1. The van der Waals surface area contributed by atoms with Crippen molar-refractivity contribution >= 4 is 16.1 Å². The Morgan fingerprint density at radius 3 is 2.24 bits per heavy atom. The lowest BCUT2D eigenvalue weighted by molar-refractivity contribution is -0.152. The summed E-state index contributed by atoms with van der Waals surface area (Å²) < 4.78 is 31.9. The summed E-state index contributed by atoms with van der Waals surface area (Å²) in [5, 5.41) is 0. The summed E-state index contributed by atoms with van der Waals surface area (Å²) in [5.41, 5.74) is 0. The first kappa shape index (κ1) is 16.1. The molecule has 5 nitrogen and oxygen atoms in total. The predicted molar refractivity (Wildman–Crippen MR) is 64.9 cm³/mol. The maximum atomic E-state index is 11.7. The normalized spacial score (nSPS) is 15.4. The second-order valence-corrected chi connectivity index (χ2v) is 5.62. The van der Waals surface area contributed by atoms with Crippen molar-refractivity contribution in [3.63, 3.8) is 0 Å². The van der Waals surface area contributed by atoms with E-state index in [1.165, 1.54) is 6.08 Å². The molecule has 0 radical (unpaired) electrons. The first-order valence-corrected chi connectivity index (χ1v) is 7.22. The zero-order valence-corrected chi connectivity index (χ0v) is 11.5. The van der Waals surface area contributed by atoms with Gasteiger partial charge in [-0.15, -0.1) is 6.58 Å². The molecule has 0 saturated carbocycles. The van der Waals surface area contributed by atoms with Crippen molar-refractivity contribution in [3.8, 4) is 0 Å². The van der Waals surface area contributed by atoms with Crippen LogP contribution in [0.2, 0.25) is 0 Å². The molecular formula is C11H20O5S. The van der Waals surface area contributed by atoms with E-state index in [0.29, 0.717) is 0 Å². The molecule has 0 aromatic carbocycles. The second kappa shape index (κ2) is 6.76. The van der Waals surface area contributed by atoms with Crippen molar-refractivity contribution < 1.29 is 22.1 Å². The van der Waals surface area contributed by atoms with Crippen molar-refractivity contribution in [1.29, 1.82) is 0 Å². The second-order valence-electron chi connectivity index (χ2n) is 4.02. The largest absolute Gasteiger partial charge is 0.466 e. The SMILES string of the molecule is C=CC(OS(C)(=O)=O)C(C(=O)OCC)C(C)C. The number of carbonyl (C=O) groups is 1. The molecule has 0 aliphatic carbocycles. The van der Waals surface area contributed by atoms with E-state index in [2.05, 4.69) is 6.58 Å². The Morgan fingerprint density at radius 2 is 1.94 bits per heavy atom. The van der Waals surface area contributed by atoms with Crippen LogP contribution in [0.15, 0.2) is 12.7 Å². The fourth-order valence-electron chi connectivity index (χ4n) is 1.47. The molecule has 0 bridgehead atoms. The van der Waals surface area contributed by atoms with Crippen molar-refractivity contribution in [2.45, 2.75) is 26.9 Å². The molecule has 0 amide bonds. The van der Waals surface area contributed by atoms with Crippen LogP contribution >= 0.6 is 0 Å². The van der Waals surface area contributed by atoms with E-state index in [1.54, 1.807) is 20.8 Å². The summed E-state index contributed by atoms with van der Waals surface area (Å²) in [7, 11) is -3.64. The number of hydrogen-bond donors (Lipinski definition) is 0. The number of esters is 1. The third-order valence-corrected chi connectivity index (χ3v) is 2.72. The number of rotatable bonds is 7. The van der Waals surface area contributed by atoms with Crippen molar-refractivity contribution in [1.82, 2.24) is 0 Å². The van der Waals surface area contributed by atoms with E-state index in [4.69, 9.17) is 8.92 Å². The van der Waals surface area contributed by atoms with Gasteiger partial charge in [-0.25, -0.2) is 0 Å². The summed E-state index contributed by atoms with van der Waals surface area (Å²) in [6.07, 6.45) is 1.35. The molecule has 0 spiro atoms. The highest BCUT2D eigenvalue weighted by molar-refractivity contribution is 7.86. The van der Waals surface area contributed by atoms with Gasteiger partial charge in [-0.1, -0.05) is 19.9 Å². The molecule has 0 N–H and O–H groups in total. The molecule has 17 heavy (non-hydrogen) atoms. The minimum atomic E-state index is -3.64. The standard InChI is InChI=1S/C11H20O5S/c1-6-9(16-17(5,13)14)10(8(3)4)11(12)15-7-2/h6,8-10H,1,7H2,2-5H3. The number of hydrogen-bond acceptors (Lipinski definition) is 5. The highest BCUT2D eigenvalue weighted by Gasteiger charge is 2.33. The summed E-state index contributed by atoms with van der Waals surface area (Å²) in [6.45, 7) is 9.02. The molecule has 0 heterocycles. The van der Waals surface area contributed by atoms with Gasteiger partial charge in [0.1, 0.15) is 6.10 Å². The maximum absolute atomic E-state index is 11.7. The van der Waals surface area contributed by atoms with Gasteiger partial charge in [0, 0.05) is 0 Å². The molecule has 100 valence electrons. The van der Waals surface area contributed by atoms with E-state index in [9.17, 15) is 13.2 Å². The molecule has 0 aromatic rings. The summed E-state index contributed by atoms with van der Waals surface area (Å²) in [4.78, 5) is 11.7. The Bertz CT molecular complexity index is 358. The fourth-order valence-corrected chi connectivity index (χ4v) is 2.07. The van der Waals surface area contributed by atoms with Gasteiger partial charge >= 0.3 is 5.97 Å². The molecule has 2 atom stereocenters. The monoisotopic (exact) mass is 264 g/mol. The van der Waals surface area contributed by atoms with Crippen LogP contribution in [0.5, 0.6) is 0 Å². The van der Waals surface area contributed by atoms with Crippen LogP contribution in [0.4, 0.5) is 0 Å². The quantitative estimate of drug-likeness (QED) is 0.394. The van der Waals surface area contributed by atoms with Gasteiger partial charge in [-0.2, -0.15) is 8.42 Å². The van der Waals surface area contributed by atoms with Crippen LogP contribution in [-0.2, 0) is 23.8 Å². The van der Waals surface area contributed by atoms with Gasteiger partial charge < -0.3 is 4.74 Å². The first-order valence-electron chi connectivity index (χ1n) is 5.40. The minimum Gasteiger partial charge on any atom is -0.466 e. The van der Waals surface area contributed by atoms with Gasteiger partial charge in [-0.3, -0.25) is 8.98 Å². The molecule has 2 unspecified atom stereocenters. The van der Waals surface area contributed by atoms with E-state index in [0.717, 1.165) is 6.26 Å². The Balaban J connectivity index is 5.00. The molecule has 0 fully saturated rings. The number of carbonyl (C=O) groups excluding carboxylic acids is 1. The Morgan fingerprint density at radius 1 is 1.41 bits per heavy atom. The van der Waals surface area contributed by atoms with Crippen LogP contribution in [-0.4, -0.2) is 33.4 Å². The van der Waals surface area contributed by atoms with E-state index in [-0.39, 0.29) is 12.5 Å². The molecule has 0 rings (SSSR count). The van der Waals surface area contributed by atoms with E-state index < -0.39 is 28.1 Å². The molecule has 0 saturated heterocycles. The molecule has 0 aromatic heterocycles. The van der Waals surface area contributed by atoms with Crippen LogP contribution in [0.1, 0.15) is 20.8 Å². The lowest BCUT2D eigenvalue weighted by Crippen LogP contribution is -2.35. The zero-order chi connectivity index (χ0) is 13.6. The zero-order valence-electron chi connectivity index (χ0n) is 10.7. The summed E-state index contributed by atoms with van der Waals surface area (Å²) >= 11 is 0. The smallest absolute Gasteiger partial charge is 0.312 e. The minimum absolute atomic E-state index is 0.112. The van der Waals surface area contributed by atoms with Crippen LogP contribution < -0.4 is 0 Å². The lowest BCUT2D eigenvalue weighted by Gasteiger charge is -2.25. The topological polar surface area (TPSA) is 69.7 Å². The van der Waals surface area contributed by atoms with Crippen molar-refractivity contribution in [2.24, 2.45) is 11.8 Å². The lowest BCUT2D eigenvalue weighted by atomic mass is 9.90. The Hall–Kier alpha value is -0.880. The van der Waals surface area contributed by atoms with E-state index in [1.807, 2.05) is 0 Å². The average molecular weight is 264 g/mol. The van der Waals surface area contributed by atoms with Gasteiger partial charge in [0.2, 0.25) is 0 Å². The predicted octanol–water partition coefficient (Wildman–Crippen LogP) is 1.35. The Kier molecular flexibility index (Phi) is 6.41. The molecule has 6 heteroatoms. The van der Waals surface area contributed by atoms with Gasteiger partial charge in [-0.05, 0) is 12.8 Å². The van der Waals surface area contributed by atoms with Crippen LogP contribution in [0, 0.1) is 11.8 Å². The third kappa shape index (κ3) is 5.83.